The minimum Gasteiger partial charge on any atom is -0.378 e. The third-order valence-corrected chi connectivity index (χ3v) is 3.40. The van der Waals surface area contributed by atoms with Crippen LogP contribution in [0.3, 0.4) is 0 Å². The van der Waals surface area contributed by atoms with Gasteiger partial charge in [-0.3, -0.25) is 0 Å². The molecule has 21 heavy (non-hydrogen) atoms. The van der Waals surface area contributed by atoms with Gasteiger partial charge in [0.05, 0.1) is 6.10 Å². The summed E-state index contributed by atoms with van der Waals surface area (Å²) in [5, 5.41) is 3.30. The Kier molecular flexibility index (Phi) is 6.65. The molecule has 1 atom stereocenters. The minimum atomic E-state index is 0.364. The molecule has 2 heterocycles. The number of hydrazine groups is 1. The van der Waals surface area contributed by atoms with Crippen LogP contribution in [-0.4, -0.2) is 35.8 Å². The number of anilines is 2. The molecule has 0 spiro atoms. The van der Waals surface area contributed by atoms with Gasteiger partial charge < -0.3 is 20.2 Å². The van der Waals surface area contributed by atoms with Crippen LogP contribution >= 0.6 is 0 Å². The molecule has 0 radical (unpaired) electrons. The molecule has 1 aromatic heterocycles. The Morgan fingerprint density at radius 2 is 2.24 bits per heavy atom. The first-order chi connectivity index (χ1) is 10.3. The van der Waals surface area contributed by atoms with Crippen molar-refractivity contribution in [3.63, 3.8) is 0 Å². The highest BCUT2D eigenvalue weighted by molar-refractivity contribution is 5.46. The largest absolute Gasteiger partial charge is 0.378 e. The number of nitrogens with zero attached hydrogens (tertiary/aromatic N) is 2. The van der Waals surface area contributed by atoms with E-state index in [0.29, 0.717) is 31.0 Å². The average Bonchev–Trinajstić information content (AvgIpc) is 2.53. The second-order valence-electron chi connectivity index (χ2n) is 5.04. The zero-order valence-corrected chi connectivity index (χ0v) is 12.6. The zero-order chi connectivity index (χ0) is 14.9. The second kappa shape index (κ2) is 8.76. The van der Waals surface area contributed by atoms with Crippen LogP contribution in [0.2, 0.25) is 0 Å². The molecule has 2 rings (SSSR count). The molecule has 1 fully saturated rings. The molecule has 1 saturated heterocycles. The molecular weight excluding hydrogens is 270 g/mol. The molecule has 7 heteroatoms. The van der Waals surface area contributed by atoms with Crippen LogP contribution in [0.15, 0.2) is 6.07 Å². The number of rotatable bonds is 8. The number of nitrogens with one attached hydrogen (secondary N) is 2. The summed E-state index contributed by atoms with van der Waals surface area (Å²) in [5.74, 6) is 7.38. The van der Waals surface area contributed by atoms with Gasteiger partial charge in [0.25, 0.3) is 0 Å². The molecule has 1 aromatic rings. The van der Waals surface area contributed by atoms with Crippen molar-refractivity contribution >= 4 is 11.6 Å². The number of aromatic nitrogens is 2. The smallest absolute Gasteiger partial charge is 0.158 e. The summed E-state index contributed by atoms with van der Waals surface area (Å²) < 4.78 is 11.0. The van der Waals surface area contributed by atoms with E-state index in [1.54, 1.807) is 6.07 Å². The van der Waals surface area contributed by atoms with E-state index >= 15 is 0 Å². The standard InChI is InChI=1S/C14H25N5O2/c1-2-20-10-14-17-12(9-13(18-14)19-15)16-7-6-11-5-3-4-8-21-11/h9,11H,2-8,10,15H2,1H3,(H2,16,17,18,19). The summed E-state index contributed by atoms with van der Waals surface area (Å²) in [4.78, 5) is 8.67. The van der Waals surface area contributed by atoms with Gasteiger partial charge in [-0.15, -0.1) is 0 Å². The first-order valence-corrected chi connectivity index (χ1v) is 7.59. The van der Waals surface area contributed by atoms with E-state index < -0.39 is 0 Å². The molecule has 0 amide bonds. The van der Waals surface area contributed by atoms with Gasteiger partial charge in [-0.1, -0.05) is 0 Å². The zero-order valence-electron chi connectivity index (χ0n) is 12.6. The average molecular weight is 295 g/mol. The van der Waals surface area contributed by atoms with Gasteiger partial charge in [0, 0.05) is 25.8 Å². The van der Waals surface area contributed by atoms with Crippen LogP contribution in [0.25, 0.3) is 0 Å². The van der Waals surface area contributed by atoms with Gasteiger partial charge in [-0.2, -0.15) is 0 Å². The van der Waals surface area contributed by atoms with Crippen molar-refractivity contribution < 1.29 is 9.47 Å². The van der Waals surface area contributed by atoms with E-state index in [1.807, 2.05) is 6.92 Å². The van der Waals surface area contributed by atoms with E-state index in [2.05, 4.69) is 20.7 Å². The quantitative estimate of drug-likeness (QED) is 0.496. The van der Waals surface area contributed by atoms with Crippen LogP contribution in [0.4, 0.5) is 11.6 Å². The molecule has 0 aliphatic carbocycles. The molecule has 118 valence electrons. The lowest BCUT2D eigenvalue weighted by molar-refractivity contribution is 0.0134. The molecule has 7 nitrogen and oxygen atoms in total. The van der Waals surface area contributed by atoms with Crippen molar-refractivity contribution in [1.29, 1.82) is 0 Å². The Hall–Kier alpha value is -1.44. The highest BCUT2D eigenvalue weighted by Gasteiger charge is 2.13. The van der Waals surface area contributed by atoms with Crippen molar-refractivity contribution in [3.8, 4) is 0 Å². The Balaban J connectivity index is 1.85. The van der Waals surface area contributed by atoms with Crippen molar-refractivity contribution in [2.24, 2.45) is 5.84 Å². The molecule has 0 saturated carbocycles. The van der Waals surface area contributed by atoms with Gasteiger partial charge in [0.2, 0.25) is 0 Å². The molecule has 0 bridgehead atoms. The first-order valence-electron chi connectivity index (χ1n) is 7.59. The maximum atomic E-state index is 5.71. The Morgan fingerprint density at radius 1 is 1.38 bits per heavy atom. The second-order valence-corrected chi connectivity index (χ2v) is 5.04. The highest BCUT2D eigenvalue weighted by Crippen LogP contribution is 2.16. The normalized spacial score (nSPS) is 18.5. The summed E-state index contributed by atoms with van der Waals surface area (Å²) >= 11 is 0. The number of hydrogen-bond acceptors (Lipinski definition) is 7. The summed E-state index contributed by atoms with van der Waals surface area (Å²) in [6.07, 6.45) is 4.94. The number of hydrogen-bond donors (Lipinski definition) is 3. The van der Waals surface area contributed by atoms with Crippen LogP contribution in [0.1, 0.15) is 38.4 Å². The van der Waals surface area contributed by atoms with Crippen molar-refractivity contribution in [1.82, 2.24) is 9.97 Å². The lowest BCUT2D eigenvalue weighted by Gasteiger charge is -2.22. The first kappa shape index (κ1) is 15.9. The van der Waals surface area contributed by atoms with Gasteiger partial charge >= 0.3 is 0 Å². The van der Waals surface area contributed by atoms with Crippen molar-refractivity contribution in [2.45, 2.75) is 45.3 Å². The topological polar surface area (TPSA) is 94.3 Å². The third kappa shape index (κ3) is 5.45. The van der Waals surface area contributed by atoms with Gasteiger partial charge in [-0.05, 0) is 32.6 Å². The lowest BCUT2D eigenvalue weighted by Crippen LogP contribution is -2.22. The highest BCUT2D eigenvalue weighted by atomic mass is 16.5. The minimum absolute atomic E-state index is 0.364. The van der Waals surface area contributed by atoms with Crippen LogP contribution in [0, 0.1) is 0 Å². The summed E-state index contributed by atoms with van der Waals surface area (Å²) in [5.41, 5.74) is 2.55. The van der Waals surface area contributed by atoms with Crippen LogP contribution in [0.5, 0.6) is 0 Å². The van der Waals surface area contributed by atoms with E-state index in [1.165, 1.54) is 12.8 Å². The lowest BCUT2D eigenvalue weighted by atomic mass is 10.1. The molecule has 0 aromatic carbocycles. The van der Waals surface area contributed by atoms with Gasteiger partial charge in [-0.25, -0.2) is 15.8 Å². The molecule has 1 unspecified atom stereocenters. The van der Waals surface area contributed by atoms with Crippen LogP contribution in [-0.2, 0) is 16.1 Å². The fraction of sp³-hybridized carbons (Fsp3) is 0.714. The van der Waals surface area contributed by atoms with E-state index in [9.17, 15) is 0 Å². The molecule has 1 aliphatic rings. The Morgan fingerprint density at radius 3 is 2.95 bits per heavy atom. The predicted octanol–water partition coefficient (Wildman–Crippen LogP) is 1.67. The third-order valence-electron chi connectivity index (χ3n) is 3.40. The number of nitrogens with two attached hydrogens (primary N) is 1. The fourth-order valence-corrected chi connectivity index (χ4v) is 2.32. The SMILES string of the molecule is CCOCc1nc(NN)cc(NCCC2CCCCO2)n1. The predicted molar refractivity (Wildman–Crippen MR) is 81.9 cm³/mol. The Labute approximate surface area is 125 Å². The van der Waals surface area contributed by atoms with E-state index in [-0.39, 0.29) is 0 Å². The van der Waals surface area contributed by atoms with Crippen LogP contribution < -0.4 is 16.6 Å². The summed E-state index contributed by atoms with van der Waals surface area (Å²) in [7, 11) is 0. The fourth-order valence-electron chi connectivity index (χ4n) is 2.32. The molecular formula is C14H25N5O2. The summed E-state index contributed by atoms with van der Waals surface area (Å²) in [6, 6.07) is 1.79. The van der Waals surface area contributed by atoms with Crippen molar-refractivity contribution in [3.05, 3.63) is 11.9 Å². The summed E-state index contributed by atoms with van der Waals surface area (Å²) in [6.45, 7) is 4.66. The maximum absolute atomic E-state index is 5.71. The van der Waals surface area contributed by atoms with Gasteiger partial charge in [0.15, 0.2) is 5.82 Å². The maximum Gasteiger partial charge on any atom is 0.158 e. The monoisotopic (exact) mass is 295 g/mol. The number of nitrogen functional groups attached to an aromatic ring is 1. The van der Waals surface area contributed by atoms with Gasteiger partial charge in [0.1, 0.15) is 18.2 Å². The van der Waals surface area contributed by atoms with Crippen molar-refractivity contribution in [2.75, 3.05) is 30.5 Å². The number of ether oxygens (including phenoxy) is 2. The molecule has 1 aliphatic heterocycles. The molecule has 4 N–H and O–H groups in total. The van der Waals surface area contributed by atoms with E-state index in [4.69, 9.17) is 15.3 Å². The Bertz CT molecular complexity index is 424. The van der Waals surface area contributed by atoms with E-state index in [0.717, 1.165) is 31.8 Å².